The molecule has 1 fully saturated rings. The second-order valence-corrected chi connectivity index (χ2v) is 5.11. The monoisotopic (exact) mass is 262 g/mol. The molecule has 1 amide bonds. The van der Waals surface area contributed by atoms with Crippen molar-refractivity contribution < 1.29 is 9.90 Å². The average Bonchev–Trinajstić information content (AvgIpc) is 2.91. The fourth-order valence-electron chi connectivity index (χ4n) is 2.48. The Morgan fingerprint density at radius 1 is 1.37 bits per heavy atom. The molecule has 0 unspecified atom stereocenters. The van der Waals surface area contributed by atoms with E-state index in [2.05, 4.69) is 10.2 Å². The van der Waals surface area contributed by atoms with Gasteiger partial charge in [0.05, 0.1) is 0 Å². The highest BCUT2D eigenvalue weighted by molar-refractivity contribution is 5.96. The van der Waals surface area contributed by atoms with Gasteiger partial charge in [0, 0.05) is 17.7 Å². The number of likely N-dealkylation sites (tertiary alicyclic amines) is 1. The molecule has 0 bridgehead atoms. The number of nitrogens with one attached hydrogen (secondary N) is 1. The van der Waals surface area contributed by atoms with Gasteiger partial charge in [0.25, 0.3) is 5.91 Å². The number of nitrogens with zero attached hydrogens (tertiary/aromatic N) is 1. The van der Waals surface area contributed by atoms with Gasteiger partial charge >= 0.3 is 0 Å². The molecule has 2 N–H and O–H groups in total. The van der Waals surface area contributed by atoms with Gasteiger partial charge < -0.3 is 15.3 Å². The van der Waals surface area contributed by atoms with Crippen molar-refractivity contribution in [1.29, 1.82) is 0 Å². The summed E-state index contributed by atoms with van der Waals surface area (Å²) < 4.78 is 0. The number of carbonyl (C=O) groups is 1. The second kappa shape index (κ2) is 6.57. The maximum absolute atomic E-state index is 12.0. The molecule has 0 aliphatic carbocycles. The number of hydrogen-bond acceptors (Lipinski definition) is 3. The van der Waals surface area contributed by atoms with E-state index < -0.39 is 0 Å². The third-order valence-electron chi connectivity index (χ3n) is 3.69. The largest absolute Gasteiger partial charge is 0.508 e. The van der Waals surface area contributed by atoms with Crippen LogP contribution in [-0.4, -0.2) is 42.1 Å². The van der Waals surface area contributed by atoms with Crippen LogP contribution in [0.1, 0.15) is 35.2 Å². The maximum atomic E-state index is 12.0. The van der Waals surface area contributed by atoms with Crippen LogP contribution in [0.2, 0.25) is 0 Å². The predicted molar refractivity (Wildman–Crippen MR) is 75.5 cm³/mol. The quantitative estimate of drug-likeness (QED) is 0.797. The lowest BCUT2D eigenvalue weighted by Gasteiger charge is -2.14. The number of phenols is 1. The highest BCUT2D eigenvalue weighted by atomic mass is 16.3. The van der Waals surface area contributed by atoms with E-state index in [1.807, 2.05) is 0 Å². The smallest absolute Gasteiger partial charge is 0.251 e. The van der Waals surface area contributed by atoms with E-state index in [1.54, 1.807) is 25.1 Å². The van der Waals surface area contributed by atoms with Gasteiger partial charge in [-0.15, -0.1) is 0 Å². The molecule has 19 heavy (non-hydrogen) atoms. The maximum Gasteiger partial charge on any atom is 0.251 e. The Morgan fingerprint density at radius 2 is 2.11 bits per heavy atom. The Labute approximate surface area is 114 Å². The van der Waals surface area contributed by atoms with Crippen LogP contribution in [-0.2, 0) is 0 Å². The van der Waals surface area contributed by atoms with Crippen LogP contribution < -0.4 is 5.32 Å². The third kappa shape index (κ3) is 3.70. The molecule has 104 valence electrons. The van der Waals surface area contributed by atoms with Gasteiger partial charge in [-0.05, 0) is 58.0 Å². The van der Waals surface area contributed by atoms with E-state index >= 15 is 0 Å². The van der Waals surface area contributed by atoms with Crippen molar-refractivity contribution >= 4 is 5.91 Å². The van der Waals surface area contributed by atoms with Crippen molar-refractivity contribution in [1.82, 2.24) is 10.2 Å². The number of carbonyl (C=O) groups excluding carboxylic acids is 1. The fourth-order valence-corrected chi connectivity index (χ4v) is 2.48. The molecule has 1 saturated heterocycles. The van der Waals surface area contributed by atoms with Crippen LogP contribution >= 0.6 is 0 Å². The molecule has 1 aromatic rings. The van der Waals surface area contributed by atoms with Gasteiger partial charge in [-0.1, -0.05) is 6.07 Å². The predicted octanol–water partition coefficient (Wildman–Crippen LogP) is 1.92. The van der Waals surface area contributed by atoms with E-state index in [4.69, 9.17) is 0 Å². The van der Waals surface area contributed by atoms with Crippen molar-refractivity contribution in [2.45, 2.75) is 26.2 Å². The SMILES string of the molecule is Cc1c(O)cccc1C(=O)NCCCN1CCCC1. The third-order valence-corrected chi connectivity index (χ3v) is 3.69. The van der Waals surface area contributed by atoms with Crippen LogP contribution in [0.4, 0.5) is 0 Å². The number of benzene rings is 1. The van der Waals surface area contributed by atoms with Crippen LogP contribution in [0.25, 0.3) is 0 Å². The first kappa shape index (κ1) is 13.9. The standard InChI is InChI=1S/C15H22N2O2/c1-12-13(6-4-7-14(12)18)15(19)16-8-5-11-17-9-2-3-10-17/h4,6-7,18H,2-3,5,8-11H2,1H3,(H,16,19). The molecular weight excluding hydrogens is 240 g/mol. The lowest BCUT2D eigenvalue weighted by atomic mass is 10.1. The minimum Gasteiger partial charge on any atom is -0.508 e. The first-order chi connectivity index (χ1) is 9.18. The van der Waals surface area contributed by atoms with E-state index in [-0.39, 0.29) is 11.7 Å². The Bertz CT molecular complexity index is 440. The number of amides is 1. The van der Waals surface area contributed by atoms with Crippen molar-refractivity contribution in [3.05, 3.63) is 29.3 Å². The Kier molecular flexibility index (Phi) is 4.80. The van der Waals surface area contributed by atoms with Crippen molar-refractivity contribution in [3.8, 4) is 5.75 Å². The molecule has 4 heteroatoms. The zero-order valence-corrected chi connectivity index (χ0v) is 11.5. The van der Waals surface area contributed by atoms with Crippen molar-refractivity contribution in [2.24, 2.45) is 0 Å². The molecule has 0 aromatic heterocycles. The molecule has 0 saturated carbocycles. The van der Waals surface area contributed by atoms with E-state index in [9.17, 15) is 9.90 Å². The van der Waals surface area contributed by atoms with Gasteiger partial charge in [0.1, 0.15) is 5.75 Å². The lowest BCUT2D eigenvalue weighted by Crippen LogP contribution is -2.29. The van der Waals surface area contributed by atoms with Gasteiger partial charge in [-0.3, -0.25) is 4.79 Å². The molecule has 1 aliphatic heterocycles. The molecule has 0 spiro atoms. The molecule has 0 atom stereocenters. The summed E-state index contributed by atoms with van der Waals surface area (Å²) in [7, 11) is 0. The molecule has 1 heterocycles. The summed E-state index contributed by atoms with van der Waals surface area (Å²) in [5, 5.41) is 12.5. The van der Waals surface area contributed by atoms with Gasteiger partial charge in [-0.25, -0.2) is 0 Å². The van der Waals surface area contributed by atoms with Crippen LogP contribution in [0.3, 0.4) is 0 Å². The minimum atomic E-state index is -0.102. The number of rotatable bonds is 5. The first-order valence-electron chi connectivity index (χ1n) is 6.97. The molecule has 4 nitrogen and oxygen atoms in total. The summed E-state index contributed by atoms with van der Waals surface area (Å²) in [5.74, 6) is 0.0690. The number of aromatic hydroxyl groups is 1. The second-order valence-electron chi connectivity index (χ2n) is 5.11. The molecule has 1 aromatic carbocycles. The highest BCUT2D eigenvalue weighted by Gasteiger charge is 2.12. The summed E-state index contributed by atoms with van der Waals surface area (Å²) in [6.45, 7) is 5.89. The summed E-state index contributed by atoms with van der Waals surface area (Å²) in [4.78, 5) is 14.4. The summed E-state index contributed by atoms with van der Waals surface area (Å²) in [5.41, 5.74) is 1.20. The van der Waals surface area contributed by atoms with Gasteiger partial charge in [0.2, 0.25) is 0 Å². The summed E-state index contributed by atoms with van der Waals surface area (Å²) in [6.07, 6.45) is 3.58. The van der Waals surface area contributed by atoms with E-state index in [0.29, 0.717) is 17.7 Å². The zero-order chi connectivity index (χ0) is 13.7. The normalized spacial score (nSPS) is 15.6. The Balaban J connectivity index is 1.76. The molecule has 2 rings (SSSR count). The summed E-state index contributed by atoms with van der Waals surface area (Å²) in [6, 6.07) is 5.03. The van der Waals surface area contributed by atoms with Gasteiger partial charge in [-0.2, -0.15) is 0 Å². The number of hydrogen-bond donors (Lipinski definition) is 2. The van der Waals surface area contributed by atoms with Crippen molar-refractivity contribution in [3.63, 3.8) is 0 Å². The minimum absolute atomic E-state index is 0.102. The molecule has 1 aliphatic rings. The van der Waals surface area contributed by atoms with Crippen LogP contribution in [0, 0.1) is 6.92 Å². The van der Waals surface area contributed by atoms with E-state index in [0.717, 1.165) is 13.0 Å². The fraction of sp³-hybridized carbons (Fsp3) is 0.533. The van der Waals surface area contributed by atoms with Crippen LogP contribution in [0.5, 0.6) is 5.75 Å². The Hall–Kier alpha value is -1.55. The first-order valence-corrected chi connectivity index (χ1v) is 6.97. The van der Waals surface area contributed by atoms with Crippen LogP contribution in [0.15, 0.2) is 18.2 Å². The van der Waals surface area contributed by atoms with E-state index in [1.165, 1.54) is 25.9 Å². The molecular formula is C15H22N2O2. The number of phenolic OH excluding ortho intramolecular Hbond substituents is 1. The average molecular weight is 262 g/mol. The van der Waals surface area contributed by atoms with Crippen molar-refractivity contribution in [2.75, 3.05) is 26.2 Å². The Morgan fingerprint density at radius 3 is 2.84 bits per heavy atom. The van der Waals surface area contributed by atoms with Gasteiger partial charge in [0.15, 0.2) is 0 Å². The zero-order valence-electron chi connectivity index (χ0n) is 11.5. The highest BCUT2D eigenvalue weighted by Crippen LogP contribution is 2.19. The topological polar surface area (TPSA) is 52.6 Å². The molecule has 0 radical (unpaired) electrons. The summed E-state index contributed by atoms with van der Waals surface area (Å²) >= 11 is 0. The lowest BCUT2D eigenvalue weighted by molar-refractivity contribution is 0.0951.